The molecule has 0 radical (unpaired) electrons. The van der Waals surface area contributed by atoms with Crippen LogP contribution in [0.5, 0.6) is 6.01 Å². The van der Waals surface area contributed by atoms with E-state index in [9.17, 15) is 0 Å². The zero-order valence-electron chi connectivity index (χ0n) is 8.96. The predicted octanol–water partition coefficient (Wildman–Crippen LogP) is 0.106. The average molecular weight is 211 g/mol. The third-order valence-corrected chi connectivity index (χ3v) is 2.98. The van der Waals surface area contributed by atoms with E-state index in [0.717, 1.165) is 12.8 Å². The summed E-state index contributed by atoms with van der Waals surface area (Å²) in [4.78, 5) is 0. The predicted molar refractivity (Wildman–Crippen MR) is 54.2 cm³/mol. The first-order valence-corrected chi connectivity index (χ1v) is 5.40. The fourth-order valence-electron chi connectivity index (χ4n) is 2.05. The van der Waals surface area contributed by atoms with Crippen LogP contribution in [0.25, 0.3) is 0 Å². The molecule has 2 unspecified atom stereocenters. The first-order valence-electron chi connectivity index (χ1n) is 5.40. The fraction of sp³-hybridized carbons (Fsp3) is 0.889. The second kappa shape index (κ2) is 4.57. The van der Waals surface area contributed by atoms with E-state index in [1.54, 1.807) is 11.7 Å². The van der Waals surface area contributed by atoms with Crippen molar-refractivity contribution in [3.63, 3.8) is 0 Å². The number of rotatable bonds is 3. The van der Waals surface area contributed by atoms with Crippen LogP contribution < -0.4 is 10.5 Å². The van der Waals surface area contributed by atoms with Crippen molar-refractivity contribution in [2.45, 2.75) is 31.8 Å². The highest BCUT2D eigenvalue weighted by molar-refractivity contribution is 4.90. The summed E-state index contributed by atoms with van der Waals surface area (Å²) < 4.78 is 7.32. The molecule has 0 aromatic carbocycles. The molecule has 1 aromatic rings. The van der Waals surface area contributed by atoms with E-state index < -0.39 is 0 Å². The fourth-order valence-corrected chi connectivity index (χ4v) is 2.05. The van der Waals surface area contributed by atoms with Gasteiger partial charge in [0.15, 0.2) is 0 Å². The van der Waals surface area contributed by atoms with E-state index in [0.29, 0.717) is 18.5 Å². The van der Waals surface area contributed by atoms with Crippen molar-refractivity contribution >= 4 is 0 Å². The SMILES string of the molecule is Cn1nnnc1OC1CCCCC1CN. The van der Waals surface area contributed by atoms with Crippen molar-refractivity contribution in [2.75, 3.05) is 6.54 Å². The molecule has 2 rings (SSSR count). The monoisotopic (exact) mass is 211 g/mol. The lowest BCUT2D eigenvalue weighted by molar-refractivity contribution is 0.0828. The number of ether oxygens (including phenoxy) is 1. The van der Waals surface area contributed by atoms with E-state index in [1.165, 1.54) is 12.8 Å². The lowest BCUT2D eigenvalue weighted by Crippen LogP contribution is -2.35. The first-order chi connectivity index (χ1) is 7.31. The third-order valence-electron chi connectivity index (χ3n) is 2.98. The van der Waals surface area contributed by atoms with Crippen molar-refractivity contribution in [3.8, 4) is 6.01 Å². The maximum Gasteiger partial charge on any atom is 0.335 e. The second-order valence-corrected chi connectivity index (χ2v) is 4.02. The summed E-state index contributed by atoms with van der Waals surface area (Å²) in [5.74, 6) is 0.440. The minimum Gasteiger partial charge on any atom is -0.459 e. The molecule has 0 amide bonds. The maximum atomic E-state index is 5.78. The summed E-state index contributed by atoms with van der Waals surface area (Å²) in [6.07, 6.45) is 4.82. The van der Waals surface area contributed by atoms with Gasteiger partial charge in [-0.15, -0.1) is 0 Å². The Bertz CT molecular complexity index is 313. The average Bonchev–Trinajstić information content (AvgIpc) is 2.65. The number of nitrogens with two attached hydrogens (primary N) is 1. The third kappa shape index (κ3) is 2.26. The number of hydrogen-bond donors (Lipinski definition) is 1. The topological polar surface area (TPSA) is 78.8 Å². The van der Waals surface area contributed by atoms with Crippen LogP contribution in [-0.2, 0) is 7.05 Å². The lowest BCUT2D eigenvalue weighted by atomic mass is 9.86. The molecule has 1 aromatic heterocycles. The van der Waals surface area contributed by atoms with Gasteiger partial charge in [0.25, 0.3) is 0 Å². The Balaban J connectivity index is 2.00. The van der Waals surface area contributed by atoms with Gasteiger partial charge in [0.1, 0.15) is 6.10 Å². The van der Waals surface area contributed by atoms with Crippen LogP contribution >= 0.6 is 0 Å². The molecule has 0 saturated heterocycles. The van der Waals surface area contributed by atoms with Crippen molar-refractivity contribution in [1.82, 2.24) is 20.2 Å². The van der Waals surface area contributed by atoms with Crippen molar-refractivity contribution in [2.24, 2.45) is 18.7 Å². The van der Waals surface area contributed by atoms with Gasteiger partial charge in [-0.25, -0.2) is 0 Å². The van der Waals surface area contributed by atoms with Crippen molar-refractivity contribution in [3.05, 3.63) is 0 Å². The van der Waals surface area contributed by atoms with Gasteiger partial charge in [0.2, 0.25) is 0 Å². The summed E-state index contributed by atoms with van der Waals surface area (Å²) in [5, 5.41) is 11.1. The molecule has 0 aliphatic heterocycles. The lowest BCUT2D eigenvalue weighted by Gasteiger charge is -2.29. The quantitative estimate of drug-likeness (QED) is 0.767. The summed E-state index contributed by atoms with van der Waals surface area (Å²) >= 11 is 0. The minimum absolute atomic E-state index is 0.174. The molecule has 6 heteroatoms. The highest BCUT2D eigenvalue weighted by atomic mass is 16.5. The van der Waals surface area contributed by atoms with Gasteiger partial charge in [0.05, 0.1) is 0 Å². The van der Waals surface area contributed by atoms with Crippen LogP contribution in [0.3, 0.4) is 0 Å². The standard InChI is InChI=1S/C9H17N5O/c1-14-9(11-12-13-14)15-8-5-3-2-4-7(8)6-10/h7-8H,2-6,10H2,1H3. The molecule has 1 aliphatic rings. The Morgan fingerprint density at radius 3 is 2.93 bits per heavy atom. The van der Waals surface area contributed by atoms with Crippen LogP contribution in [0.1, 0.15) is 25.7 Å². The molecule has 1 saturated carbocycles. The van der Waals surface area contributed by atoms with E-state index in [2.05, 4.69) is 15.5 Å². The molecule has 15 heavy (non-hydrogen) atoms. The Kier molecular flexibility index (Phi) is 3.15. The molecular formula is C9H17N5O. The van der Waals surface area contributed by atoms with E-state index in [4.69, 9.17) is 10.5 Å². The maximum absolute atomic E-state index is 5.78. The molecule has 1 aliphatic carbocycles. The van der Waals surface area contributed by atoms with Crippen LogP contribution in [0, 0.1) is 5.92 Å². The van der Waals surface area contributed by atoms with Gasteiger partial charge in [-0.2, -0.15) is 4.68 Å². The van der Waals surface area contributed by atoms with Gasteiger partial charge in [0, 0.05) is 13.0 Å². The Labute approximate surface area is 88.8 Å². The molecule has 6 nitrogen and oxygen atoms in total. The summed E-state index contributed by atoms with van der Waals surface area (Å²) in [6, 6.07) is 0.486. The van der Waals surface area contributed by atoms with E-state index >= 15 is 0 Å². The minimum atomic E-state index is 0.174. The summed E-state index contributed by atoms with van der Waals surface area (Å²) in [6.45, 7) is 0.677. The molecule has 84 valence electrons. The second-order valence-electron chi connectivity index (χ2n) is 4.02. The number of hydrogen-bond acceptors (Lipinski definition) is 5. The van der Waals surface area contributed by atoms with Gasteiger partial charge in [-0.3, -0.25) is 0 Å². The van der Waals surface area contributed by atoms with E-state index in [-0.39, 0.29) is 6.10 Å². The number of aryl methyl sites for hydroxylation is 1. The largest absolute Gasteiger partial charge is 0.459 e. The smallest absolute Gasteiger partial charge is 0.335 e. The van der Waals surface area contributed by atoms with Crippen LogP contribution in [0.4, 0.5) is 0 Å². The molecule has 2 N–H and O–H groups in total. The highest BCUT2D eigenvalue weighted by Gasteiger charge is 2.26. The molecule has 1 fully saturated rings. The Hall–Kier alpha value is -1.17. The molecule has 0 spiro atoms. The van der Waals surface area contributed by atoms with Crippen LogP contribution in [0.15, 0.2) is 0 Å². The van der Waals surface area contributed by atoms with Crippen LogP contribution in [0.2, 0.25) is 0 Å². The number of aromatic nitrogens is 4. The van der Waals surface area contributed by atoms with Crippen LogP contribution in [-0.4, -0.2) is 32.9 Å². The Morgan fingerprint density at radius 2 is 2.27 bits per heavy atom. The molecular weight excluding hydrogens is 194 g/mol. The van der Waals surface area contributed by atoms with Gasteiger partial charge in [-0.05, 0) is 36.2 Å². The normalized spacial score (nSPS) is 26.5. The van der Waals surface area contributed by atoms with Crippen molar-refractivity contribution in [1.29, 1.82) is 0 Å². The Morgan fingerprint density at radius 1 is 1.47 bits per heavy atom. The molecule has 2 atom stereocenters. The number of nitrogens with zero attached hydrogens (tertiary/aromatic N) is 4. The zero-order chi connectivity index (χ0) is 10.7. The summed E-state index contributed by atoms with van der Waals surface area (Å²) in [5.41, 5.74) is 5.72. The summed E-state index contributed by atoms with van der Waals surface area (Å²) in [7, 11) is 1.77. The molecule has 1 heterocycles. The van der Waals surface area contributed by atoms with E-state index in [1.807, 2.05) is 0 Å². The number of tetrazole rings is 1. The van der Waals surface area contributed by atoms with Gasteiger partial charge >= 0.3 is 6.01 Å². The van der Waals surface area contributed by atoms with Crippen molar-refractivity contribution < 1.29 is 4.74 Å². The zero-order valence-corrected chi connectivity index (χ0v) is 8.96. The highest BCUT2D eigenvalue weighted by Crippen LogP contribution is 2.26. The van der Waals surface area contributed by atoms with Gasteiger partial charge < -0.3 is 10.5 Å². The first kappa shape index (κ1) is 10.4. The molecule has 0 bridgehead atoms. The van der Waals surface area contributed by atoms with Gasteiger partial charge in [-0.1, -0.05) is 11.5 Å².